The van der Waals surface area contributed by atoms with Crippen LogP contribution >= 0.6 is 0 Å². The Labute approximate surface area is 95.3 Å². The molecular formula is C13H16N2O. The van der Waals surface area contributed by atoms with Gasteiger partial charge in [0.25, 0.3) is 0 Å². The van der Waals surface area contributed by atoms with Crippen LogP contribution in [0.25, 0.3) is 5.69 Å². The number of aliphatic hydroxyl groups excluding tert-OH is 1. The summed E-state index contributed by atoms with van der Waals surface area (Å²) in [6.45, 7) is 3.92. The molecule has 3 nitrogen and oxygen atoms in total. The fourth-order valence-electron chi connectivity index (χ4n) is 1.75. The number of rotatable bonds is 3. The number of aliphatic hydroxyl groups is 1. The maximum absolute atomic E-state index is 9.94. The van der Waals surface area contributed by atoms with Gasteiger partial charge in [-0.3, -0.25) is 0 Å². The summed E-state index contributed by atoms with van der Waals surface area (Å²) in [6, 6.07) is 9.77. The fourth-order valence-corrected chi connectivity index (χ4v) is 1.75. The van der Waals surface area contributed by atoms with E-state index in [1.165, 1.54) is 0 Å². The van der Waals surface area contributed by atoms with Crippen LogP contribution in [0.15, 0.2) is 36.5 Å². The molecule has 3 heteroatoms. The van der Waals surface area contributed by atoms with Gasteiger partial charge in [-0.1, -0.05) is 25.1 Å². The lowest BCUT2D eigenvalue weighted by molar-refractivity contribution is 0.173. The molecule has 0 amide bonds. The zero-order valence-electron chi connectivity index (χ0n) is 9.59. The van der Waals surface area contributed by atoms with Crippen molar-refractivity contribution in [2.24, 2.45) is 0 Å². The normalized spacial score (nSPS) is 12.7. The average molecular weight is 216 g/mol. The smallest absolute Gasteiger partial charge is 0.0808 e. The van der Waals surface area contributed by atoms with Crippen LogP contribution in [-0.4, -0.2) is 14.9 Å². The van der Waals surface area contributed by atoms with Crippen LogP contribution in [0.2, 0.25) is 0 Å². The van der Waals surface area contributed by atoms with Gasteiger partial charge in [0.15, 0.2) is 0 Å². The molecule has 1 aromatic carbocycles. The highest BCUT2D eigenvalue weighted by Crippen LogP contribution is 2.23. The van der Waals surface area contributed by atoms with Gasteiger partial charge >= 0.3 is 0 Å². The van der Waals surface area contributed by atoms with E-state index in [1.807, 2.05) is 55.1 Å². The first-order chi connectivity index (χ1) is 7.72. The highest BCUT2D eigenvalue weighted by atomic mass is 16.3. The zero-order valence-corrected chi connectivity index (χ0v) is 9.59. The molecule has 0 radical (unpaired) electrons. The number of hydrogen-bond acceptors (Lipinski definition) is 2. The van der Waals surface area contributed by atoms with Crippen LogP contribution < -0.4 is 0 Å². The Balaban J connectivity index is 2.48. The first kappa shape index (κ1) is 10.9. The van der Waals surface area contributed by atoms with Gasteiger partial charge in [0, 0.05) is 11.8 Å². The van der Waals surface area contributed by atoms with E-state index in [0.717, 1.165) is 16.9 Å². The van der Waals surface area contributed by atoms with Crippen molar-refractivity contribution in [3.8, 4) is 5.69 Å². The molecule has 1 atom stereocenters. The predicted octanol–water partition coefficient (Wildman–Crippen LogP) is 2.62. The van der Waals surface area contributed by atoms with Gasteiger partial charge in [-0.05, 0) is 25.5 Å². The maximum Gasteiger partial charge on any atom is 0.0808 e. The topological polar surface area (TPSA) is 38.0 Å². The number of para-hydroxylation sites is 1. The van der Waals surface area contributed by atoms with Crippen molar-refractivity contribution in [3.05, 3.63) is 47.8 Å². The summed E-state index contributed by atoms with van der Waals surface area (Å²) < 4.78 is 1.81. The molecule has 1 N–H and O–H groups in total. The fraction of sp³-hybridized carbons (Fsp3) is 0.308. The molecule has 0 bridgehead atoms. The molecule has 16 heavy (non-hydrogen) atoms. The molecule has 1 aromatic heterocycles. The summed E-state index contributed by atoms with van der Waals surface area (Å²) in [5, 5.41) is 14.3. The minimum absolute atomic E-state index is 0.430. The first-order valence-electron chi connectivity index (χ1n) is 5.52. The van der Waals surface area contributed by atoms with Crippen molar-refractivity contribution in [1.82, 2.24) is 9.78 Å². The molecule has 0 unspecified atom stereocenters. The second-order valence-corrected chi connectivity index (χ2v) is 3.88. The second kappa shape index (κ2) is 4.49. The van der Waals surface area contributed by atoms with Gasteiger partial charge in [-0.2, -0.15) is 5.10 Å². The molecule has 2 aromatic rings. The lowest BCUT2D eigenvalue weighted by Crippen LogP contribution is -2.04. The van der Waals surface area contributed by atoms with Gasteiger partial charge < -0.3 is 5.11 Å². The number of hydrogen-bond donors (Lipinski definition) is 1. The van der Waals surface area contributed by atoms with Crippen molar-refractivity contribution in [2.45, 2.75) is 26.4 Å². The van der Waals surface area contributed by atoms with Gasteiger partial charge in [0.2, 0.25) is 0 Å². The highest BCUT2D eigenvalue weighted by Gasteiger charge is 2.11. The minimum atomic E-state index is -0.430. The molecule has 0 aliphatic rings. The SMILES string of the molecule is CC[C@H](O)c1ccccc1-n1ccc(C)n1. The van der Waals surface area contributed by atoms with E-state index in [2.05, 4.69) is 5.10 Å². The Kier molecular flexibility index (Phi) is 3.06. The standard InChI is InChI=1S/C13H16N2O/c1-3-13(16)11-6-4-5-7-12(11)15-9-8-10(2)14-15/h4-9,13,16H,3H2,1-2H3/t13-/m0/s1. The van der Waals surface area contributed by atoms with Crippen molar-refractivity contribution in [1.29, 1.82) is 0 Å². The summed E-state index contributed by atoms with van der Waals surface area (Å²) >= 11 is 0. The van der Waals surface area contributed by atoms with Gasteiger partial charge in [-0.15, -0.1) is 0 Å². The zero-order chi connectivity index (χ0) is 11.5. The molecule has 0 aliphatic carbocycles. The van der Waals surface area contributed by atoms with Crippen LogP contribution in [0, 0.1) is 6.92 Å². The predicted molar refractivity (Wildman–Crippen MR) is 63.6 cm³/mol. The molecule has 0 fully saturated rings. The number of nitrogens with zero attached hydrogens (tertiary/aromatic N) is 2. The number of benzene rings is 1. The number of aromatic nitrogens is 2. The average Bonchev–Trinajstić information content (AvgIpc) is 2.75. The molecule has 2 rings (SSSR count). The summed E-state index contributed by atoms with van der Waals surface area (Å²) in [6.07, 6.45) is 2.19. The van der Waals surface area contributed by atoms with Crippen molar-refractivity contribution < 1.29 is 5.11 Å². The molecule has 1 heterocycles. The lowest BCUT2D eigenvalue weighted by Gasteiger charge is -2.13. The third kappa shape index (κ3) is 1.99. The molecule has 0 saturated heterocycles. The van der Waals surface area contributed by atoms with Crippen molar-refractivity contribution >= 4 is 0 Å². The summed E-state index contributed by atoms with van der Waals surface area (Å²) in [4.78, 5) is 0. The van der Waals surface area contributed by atoms with Gasteiger partial charge in [-0.25, -0.2) is 4.68 Å². The monoisotopic (exact) mass is 216 g/mol. The summed E-state index contributed by atoms with van der Waals surface area (Å²) in [7, 11) is 0. The van der Waals surface area contributed by atoms with Crippen LogP contribution in [0.5, 0.6) is 0 Å². The lowest BCUT2D eigenvalue weighted by atomic mass is 10.1. The van der Waals surface area contributed by atoms with Gasteiger partial charge in [0.1, 0.15) is 0 Å². The van der Waals surface area contributed by atoms with Crippen LogP contribution in [0.4, 0.5) is 0 Å². The Morgan fingerprint density at radius 2 is 2.06 bits per heavy atom. The van der Waals surface area contributed by atoms with E-state index in [-0.39, 0.29) is 0 Å². The van der Waals surface area contributed by atoms with E-state index in [0.29, 0.717) is 6.42 Å². The van der Waals surface area contributed by atoms with E-state index >= 15 is 0 Å². The Hall–Kier alpha value is -1.61. The Morgan fingerprint density at radius 1 is 1.31 bits per heavy atom. The summed E-state index contributed by atoms with van der Waals surface area (Å²) in [5.74, 6) is 0. The number of aryl methyl sites for hydroxylation is 1. The third-order valence-corrected chi connectivity index (χ3v) is 2.65. The summed E-state index contributed by atoms with van der Waals surface area (Å²) in [5.41, 5.74) is 2.85. The maximum atomic E-state index is 9.94. The molecule has 0 saturated carbocycles. The van der Waals surface area contributed by atoms with Crippen molar-refractivity contribution in [3.63, 3.8) is 0 Å². The second-order valence-electron chi connectivity index (χ2n) is 3.88. The van der Waals surface area contributed by atoms with Gasteiger partial charge in [0.05, 0.1) is 17.5 Å². The largest absolute Gasteiger partial charge is 0.388 e. The minimum Gasteiger partial charge on any atom is -0.388 e. The van der Waals surface area contributed by atoms with E-state index < -0.39 is 6.10 Å². The van der Waals surface area contributed by atoms with E-state index in [9.17, 15) is 5.11 Å². The Morgan fingerprint density at radius 3 is 2.69 bits per heavy atom. The molecular weight excluding hydrogens is 200 g/mol. The van der Waals surface area contributed by atoms with Crippen LogP contribution in [0.1, 0.15) is 30.7 Å². The first-order valence-corrected chi connectivity index (χ1v) is 5.52. The van der Waals surface area contributed by atoms with E-state index in [4.69, 9.17) is 0 Å². The molecule has 0 spiro atoms. The van der Waals surface area contributed by atoms with E-state index in [1.54, 1.807) is 0 Å². The quantitative estimate of drug-likeness (QED) is 0.856. The molecule has 84 valence electrons. The third-order valence-electron chi connectivity index (χ3n) is 2.65. The van der Waals surface area contributed by atoms with Crippen LogP contribution in [-0.2, 0) is 0 Å². The highest BCUT2D eigenvalue weighted by molar-refractivity contribution is 5.41. The van der Waals surface area contributed by atoms with Crippen LogP contribution in [0.3, 0.4) is 0 Å². The van der Waals surface area contributed by atoms with Crippen molar-refractivity contribution in [2.75, 3.05) is 0 Å². The molecule has 0 aliphatic heterocycles. The Bertz CT molecular complexity index is 476.